The number of alkyl halides is 3. The zero-order valence-electron chi connectivity index (χ0n) is 19.2. The number of esters is 1. The summed E-state index contributed by atoms with van der Waals surface area (Å²) in [5.41, 5.74) is -1.33. The minimum absolute atomic E-state index is 0.0400. The molecule has 5 rings (SSSR count). The molecule has 186 valence electrons. The third-order valence-corrected chi connectivity index (χ3v) is 5.56. The molecule has 0 aliphatic carbocycles. The highest BCUT2D eigenvalue weighted by Crippen LogP contribution is 2.39. The van der Waals surface area contributed by atoms with Crippen molar-refractivity contribution < 1.29 is 36.6 Å². The van der Waals surface area contributed by atoms with Crippen LogP contribution in [0.4, 0.5) is 13.2 Å². The van der Waals surface area contributed by atoms with E-state index in [2.05, 4.69) is 0 Å². The Labute approximate surface area is 207 Å². The van der Waals surface area contributed by atoms with Gasteiger partial charge in [-0.3, -0.25) is 4.79 Å². The van der Waals surface area contributed by atoms with Gasteiger partial charge in [0.25, 0.3) is 5.76 Å². The zero-order chi connectivity index (χ0) is 26.2. The van der Waals surface area contributed by atoms with Crippen molar-refractivity contribution in [3.63, 3.8) is 0 Å². The van der Waals surface area contributed by atoms with E-state index < -0.39 is 34.7 Å². The smallest absolute Gasteiger partial charge is 0.453 e. The third-order valence-electron chi connectivity index (χ3n) is 5.56. The number of fused-ring (bicyclic) bond motifs is 2. The number of benzene rings is 4. The molecule has 0 N–H and O–H groups in total. The van der Waals surface area contributed by atoms with Crippen LogP contribution in [0, 0.1) is 0 Å². The second kappa shape index (κ2) is 9.34. The lowest BCUT2D eigenvalue weighted by atomic mass is 10.1. The SMILES string of the molecule is COc1ccccc1C(=O)Oc1ccc2c(=O)c(Oc3ccc4ccccc4c3)c(C(F)(F)F)oc2c1. The largest absolute Gasteiger partial charge is 0.496 e. The standard InChI is InChI=1S/C28H17F3O6/c1-34-22-9-5-4-8-21(22)27(33)36-19-12-13-20-23(15-19)37-26(28(29,30)31)25(24(20)32)35-18-11-10-16-6-2-3-7-17(16)14-18/h2-15H,1H3. The molecule has 9 heteroatoms. The molecule has 1 aromatic heterocycles. The van der Waals surface area contributed by atoms with Crippen LogP contribution in [-0.2, 0) is 6.18 Å². The molecule has 6 nitrogen and oxygen atoms in total. The van der Waals surface area contributed by atoms with Gasteiger partial charge in [-0.05, 0) is 47.2 Å². The number of carbonyl (C=O) groups excluding carboxylic acids is 1. The van der Waals surface area contributed by atoms with Crippen LogP contribution in [0.25, 0.3) is 21.7 Å². The monoisotopic (exact) mass is 506 g/mol. The normalized spacial score (nSPS) is 11.5. The highest BCUT2D eigenvalue weighted by atomic mass is 19.4. The Morgan fingerprint density at radius 3 is 2.30 bits per heavy atom. The summed E-state index contributed by atoms with van der Waals surface area (Å²) >= 11 is 0. The minimum atomic E-state index is -5.04. The second-order valence-corrected chi connectivity index (χ2v) is 7.95. The molecule has 1 heterocycles. The summed E-state index contributed by atoms with van der Waals surface area (Å²) < 4.78 is 62.7. The molecule has 0 amide bonds. The molecule has 0 saturated carbocycles. The Morgan fingerprint density at radius 1 is 0.838 bits per heavy atom. The van der Waals surface area contributed by atoms with E-state index in [-0.39, 0.29) is 28.2 Å². The quantitative estimate of drug-likeness (QED) is 0.189. The summed E-state index contributed by atoms with van der Waals surface area (Å²) in [6, 6.07) is 21.7. The Bertz CT molecular complexity index is 1700. The number of hydrogen-bond acceptors (Lipinski definition) is 6. The van der Waals surface area contributed by atoms with E-state index in [0.717, 1.165) is 16.8 Å². The zero-order valence-corrected chi connectivity index (χ0v) is 19.2. The van der Waals surface area contributed by atoms with Crippen LogP contribution in [0.3, 0.4) is 0 Å². The fraction of sp³-hybridized carbons (Fsp3) is 0.0714. The van der Waals surface area contributed by atoms with Gasteiger partial charge in [0.2, 0.25) is 11.2 Å². The lowest BCUT2D eigenvalue weighted by molar-refractivity contribution is -0.154. The molecule has 0 aliphatic heterocycles. The Morgan fingerprint density at radius 2 is 1.54 bits per heavy atom. The van der Waals surface area contributed by atoms with Gasteiger partial charge in [0.1, 0.15) is 28.4 Å². The number of para-hydroxylation sites is 1. The summed E-state index contributed by atoms with van der Waals surface area (Å²) in [4.78, 5) is 25.7. The van der Waals surface area contributed by atoms with E-state index in [1.54, 1.807) is 36.4 Å². The van der Waals surface area contributed by atoms with Crippen LogP contribution >= 0.6 is 0 Å². The summed E-state index contributed by atoms with van der Waals surface area (Å²) in [7, 11) is 1.38. The van der Waals surface area contributed by atoms with Crippen molar-refractivity contribution >= 4 is 27.7 Å². The van der Waals surface area contributed by atoms with Crippen molar-refractivity contribution in [3.8, 4) is 23.0 Å². The molecule has 0 fully saturated rings. The van der Waals surface area contributed by atoms with Crippen molar-refractivity contribution in [2.45, 2.75) is 6.18 Å². The summed E-state index contributed by atoms with van der Waals surface area (Å²) in [5.74, 6) is -3.22. The highest BCUT2D eigenvalue weighted by molar-refractivity contribution is 5.94. The number of hydrogen-bond donors (Lipinski definition) is 0. The van der Waals surface area contributed by atoms with Crippen LogP contribution in [0.2, 0.25) is 0 Å². The predicted octanol–water partition coefficient (Wildman–Crippen LogP) is 6.99. The van der Waals surface area contributed by atoms with Crippen molar-refractivity contribution in [1.29, 1.82) is 0 Å². The van der Waals surface area contributed by atoms with Gasteiger partial charge in [0, 0.05) is 6.07 Å². The molecule has 0 saturated heterocycles. The van der Waals surface area contributed by atoms with Gasteiger partial charge in [-0.2, -0.15) is 13.2 Å². The van der Waals surface area contributed by atoms with Crippen LogP contribution in [0.1, 0.15) is 16.1 Å². The molecule has 37 heavy (non-hydrogen) atoms. The number of halogens is 3. The first-order valence-electron chi connectivity index (χ1n) is 10.9. The Kier molecular flexibility index (Phi) is 6.04. The van der Waals surface area contributed by atoms with Crippen molar-refractivity contribution in [2.24, 2.45) is 0 Å². The molecule has 0 radical (unpaired) electrons. The Balaban J connectivity index is 1.55. The maximum absolute atomic E-state index is 13.9. The van der Waals surface area contributed by atoms with Crippen LogP contribution < -0.4 is 19.6 Å². The van der Waals surface area contributed by atoms with Gasteiger partial charge >= 0.3 is 12.1 Å². The van der Waals surface area contributed by atoms with Crippen molar-refractivity contribution in [3.05, 3.63) is 106 Å². The van der Waals surface area contributed by atoms with Crippen LogP contribution in [-0.4, -0.2) is 13.1 Å². The molecular formula is C28H17F3O6. The van der Waals surface area contributed by atoms with Gasteiger partial charge in [0.05, 0.1) is 12.5 Å². The molecule has 0 atom stereocenters. The molecule has 0 unspecified atom stereocenters. The topological polar surface area (TPSA) is 75.0 Å². The first-order chi connectivity index (χ1) is 17.7. The van der Waals surface area contributed by atoms with Crippen LogP contribution in [0.15, 0.2) is 94.1 Å². The average molecular weight is 506 g/mol. The van der Waals surface area contributed by atoms with Gasteiger partial charge in [-0.1, -0.05) is 42.5 Å². The number of ether oxygens (including phenoxy) is 3. The van der Waals surface area contributed by atoms with E-state index in [1.807, 2.05) is 12.1 Å². The molecule has 4 aromatic carbocycles. The summed E-state index contributed by atoms with van der Waals surface area (Å²) in [5, 5.41) is 1.40. The number of rotatable bonds is 5. The lowest BCUT2D eigenvalue weighted by Crippen LogP contribution is -2.15. The van der Waals surface area contributed by atoms with E-state index in [0.29, 0.717) is 0 Å². The summed E-state index contributed by atoms with van der Waals surface area (Å²) in [6.45, 7) is 0. The third kappa shape index (κ3) is 4.71. The number of carbonyl (C=O) groups is 1. The lowest BCUT2D eigenvalue weighted by Gasteiger charge is -2.14. The maximum Gasteiger partial charge on any atom is 0.453 e. The fourth-order valence-electron chi connectivity index (χ4n) is 3.82. The van der Waals surface area contributed by atoms with Gasteiger partial charge < -0.3 is 18.6 Å². The number of methoxy groups -OCH3 is 1. The first-order valence-corrected chi connectivity index (χ1v) is 10.9. The Hall–Kier alpha value is -4.79. The molecule has 0 spiro atoms. The molecule has 5 aromatic rings. The van der Waals surface area contributed by atoms with Crippen molar-refractivity contribution in [1.82, 2.24) is 0 Å². The van der Waals surface area contributed by atoms with Gasteiger partial charge in [-0.25, -0.2) is 4.79 Å². The van der Waals surface area contributed by atoms with Gasteiger partial charge in [-0.15, -0.1) is 0 Å². The van der Waals surface area contributed by atoms with E-state index in [4.69, 9.17) is 18.6 Å². The maximum atomic E-state index is 13.9. The first kappa shape index (κ1) is 23.9. The minimum Gasteiger partial charge on any atom is -0.496 e. The fourth-order valence-corrected chi connectivity index (χ4v) is 3.82. The average Bonchev–Trinajstić information content (AvgIpc) is 2.89. The second-order valence-electron chi connectivity index (χ2n) is 7.95. The molecule has 0 aliphatic rings. The van der Waals surface area contributed by atoms with E-state index >= 15 is 0 Å². The van der Waals surface area contributed by atoms with E-state index in [1.165, 1.54) is 37.4 Å². The van der Waals surface area contributed by atoms with E-state index in [9.17, 15) is 22.8 Å². The molecular weight excluding hydrogens is 489 g/mol. The van der Waals surface area contributed by atoms with Gasteiger partial charge in [0.15, 0.2) is 0 Å². The van der Waals surface area contributed by atoms with Crippen LogP contribution in [0.5, 0.6) is 23.0 Å². The highest BCUT2D eigenvalue weighted by Gasteiger charge is 2.40. The summed E-state index contributed by atoms with van der Waals surface area (Å²) in [6.07, 6.45) is -5.04. The predicted molar refractivity (Wildman–Crippen MR) is 129 cm³/mol. The molecule has 0 bridgehead atoms. The van der Waals surface area contributed by atoms with Crippen molar-refractivity contribution in [2.75, 3.05) is 7.11 Å².